The summed E-state index contributed by atoms with van der Waals surface area (Å²) >= 11 is 0. The number of aromatic nitrogens is 1. The van der Waals surface area contributed by atoms with Gasteiger partial charge in [-0.25, -0.2) is 14.6 Å². The van der Waals surface area contributed by atoms with E-state index in [1.165, 1.54) is 12.3 Å². The largest absolute Gasteiger partial charge is 0.478 e. The maximum Gasteiger partial charge on any atom is 0.410 e. The highest BCUT2D eigenvalue weighted by atomic mass is 28.4. The Labute approximate surface area is 226 Å². The van der Waals surface area contributed by atoms with E-state index >= 15 is 0 Å². The molecule has 0 bridgehead atoms. The molecule has 0 spiro atoms. The third-order valence-electron chi connectivity index (χ3n) is 7.48. The smallest absolute Gasteiger partial charge is 0.410 e. The second-order valence-electron chi connectivity index (χ2n) is 12.6. The molecule has 1 fully saturated rings. The van der Waals surface area contributed by atoms with Gasteiger partial charge in [0, 0.05) is 17.8 Å². The lowest BCUT2D eigenvalue weighted by Crippen LogP contribution is -2.50. The number of halogens is 1. The highest BCUT2D eigenvalue weighted by Crippen LogP contribution is 2.44. The summed E-state index contributed by atoms with van der Waals surface area (Å²) in [5, 5.41) is 9.16. The van der Waals surface area contributed by atoms with Crippen LogP contribution < -0.4 is 0 Å². The number of carbonyl (C=O) groups is 2. The zero-order chi connectivity index (χ0) is 28.5. The van der Waals surface area contributed by atoms with Crippen molar-refractivity contribution in [2.24, 2.45) is 0 Å². The molecular formula is C29H41FN2O5Si. The van der Waals surface area contributed by atoms with Gasteiger partial charge in [0.2, 0.25) is 5.95 Å². The third kappa shape index (κ3) is 7.20. The molecule has 1 N–H and O–H groups in total. The lowest BCUT2D eigenvalue weighted by atomic mass is 10.0. The monoisotopic (exact) mass is 544 g/mol. The number of pyridine rings is 1. The van der Waals surface area contributed by atoms with Crippen LogP contribution in [0.3, 0.4) is 0 Å². The van der Waals surface area contributed by atoms with Crippen molar-refractivity contribution in [3.63, 3.8) is 0 Å². The molecule has 0 unspecified atom stereocenters. The Kier molecular flexibility index (Phi) is 8.73. The molecule has 1 aromatic heterocycles. The summed E-state index contributed by atoms with van der Waals surface area (Å²) in [4.78, 5) is 30.6. The molecule has 2 heterocycles. The van der Waals surface area contributed by atoms with Gasteiger partial charge in [-0.05, 0) is 81.9 Å². The van der Waals surface area contributed by atoms with E-state index in [0.717, 1.165) is 17.5 Å². The fourth-order valence-corrected chi connectivity index (χ4v) is 5.76. The average molecular weight is 545 g/mol. The quantitative estimate of drug-likeness (QED) is 0.298. The Morgan fingerprint density at radius 3 is 2.21 bits per heavy atom. The van der Waals surface area contributed by atoms with Crippen molar-refractivity contribution in [3.05, 3.63) is 65.2 Å². The van der Waals surface area contributed by atoms with Gasteiger partial charge in [0.15, 0.2) is 8.32 Å². The van der Waals surface area contributed by atoms with Gasteiger partial charge in [-0.2, -0.15) is 4.39 Å². The molecule has 1 amide bonds. The molecule has 9 heteroatoms. The van der Waals surface area contributed by atoms with Crippen LogP contribution in [0.1, 0.15) is 82.0 Å². The van der Waals surface area contributed by atoms with E-state index in [9.17, 15) is 19.1 Å². The number of hydrogen-bond donors (Lipinski definition) is 1. The predicted molar refractivity (Wildman–Crippen MR) is 147 cm³/mol. The Hall–Kier alpha value is -2.78. The molecule has 3 rings (SSSR count). The minimum absolute atomic E-state index is 0.0840. The van der Waals surface area contributed by atoms with E-state index in [1.54, 1.807) is 35.2 Å². The van der Waals surface area contributed by atoms with Crippen LogP contribution in [0.25, 0.3) is 0 Å². The zero-order valence-electron chi connectivity index (χ0n) is 23.7. The van der Waals surface area contributed by atoms with Gasteiger partial charge in [0.25, 0.3) is 0 Å². The molecule has 1 aromatic carbocycles. The van der Waals surface area contributed by atoms with E-state index in [0.29, 0.717) is 12.8 Å². The number of aromatic carboxylic acids is 1. The van der Waals surface area contributed by atoms with Crippen LogP contribution in [-0.4, -0.2) is 53.1 Å². The van der Waals surface area contributed by atoms with Gasteiger partial charge in [-0.3, -0.25) is 4.90 Å². The molecule has 3 atom stereocenters. The molecule has 0 aliphatic carbocycles. The maximum absolute atomic E-state index is 13.8. The Balaban J connectivity index is 2.01. The maximum atomic E-state index is 13.8. The molecule has 7 nitrogen and oxygen atoms in total. The van der Waals surface area contributed by atoms with E-state index < -0.39 is 38.0 Å². The van der Waals surface area contributed by atoms with Crippen LogP contribution in [0.2, 0.25) is 18.1 Å². The zero-order valence-corrected chi connectivity index (χ0v) is 24.7. The van der Waals surface area contributed by atoms with Crippen molar-refractivity contribution in [2.45, 2.75) is 103 Å². The second-order valence-corrected chi connectivity index (χ2v) is 17.4. The molecule has 1 saturated heterocycles. The molecule has 208 valence electrons. The number of amides is 1. The summed E-state index contributed by atoms with van der Waals surface area (Å²) in [7, 11) is -2.31. The first kappa shape index (κ1) is 29.8. The summed E-state index contributed by atoms with van der Waals surface area (Å²) in [6.45, 7) is 16.3. The third-order valence-corrected chi connectivity index (χ3v) is 11.9. The van der Waals surface area contributed by atoms with Crippen LogP contribution in [-0.2, 0) is 15.6 Å². The molecular weight excluding hydrogens is 503 g/mol. The second kappa shape index (κ2) is 11.1. The summed E-state index contributed by atoms with van der Waals surface area (Å²) in [6, 6.07) is 9.23. The highest BCUT2D eigenvalue weighted by molar-refractivity contribution is 6.74. The topological polar surface area (TPSA) is 89.0 Å². The summed E-state index contributed by atoms with van der Waals surface area (Å²) in [5.74, 6) is -1.55. The standard InChI is InChI=1S/C29H41FN2O5Si/c1-28(2,3)36-27(35)32-22(17-19-9-11-20(12-10-19)26(33)34)14-15-23(32)25(21-13-16-24(30)31-18-21)37-38(7,8)29(4,5)6/h9-13,16,18,22-23,25H,14-15,17H2,1-8H3,(H,33,34)/t22-,23+,25+/m0/s1. The Morgan fingerprint density at radius 1 is 1.08 bits per heavy atom. The van der Waals surface area contributed by atoms with E-state index in [2.05, 4.69) is 38.8 Å². The molecule has 1 aliphatic rings. The average Bonchev–Trinajstić information content (AvgIpc) is 3.20. The molecule has 0 radical (unpaired) electrons. The van der Waals surface area contributed by atoms with Gasteiger partial charge in [0.05, 0.1) is 17.7 Å². The van der Waals surface area contributed by atoms with Crippen LogP contribution in [0.4, 0.5) is 9.18 Å². The summed E-state index contributed by atoms with van der Waals surface area (Å²) in [5.41, 5.74) is 1.18. The summed E-state index contributed by atoms with van der Waals surface area (Å²) in [6.07, 6.45) is 2.51. The first-order chi connectivity index (χ1) is 17.5. The van der Waals surface area contributed by atoms with Crippen LogP contribution in [0.5, 0.6) is 0 Å². The lowest BCUT2D eigenvalue weighted by Gasteiger charge is -2.43. The first-order valence-electron chi connectivity index (χ1n) is 13.1. The van der Waals surface area contributed by atoms with Crippen molar-refractivity contribution >= 4 is 20.4 Å². The number of nitrogens with zero attached hydrogens (tertiary/aromatic N) is 2. The van der Waals surface area contributed by atoms with Crippen molar-refractivity contribution in [2.75, 3.05) is 0 Å². The van der Waals surface area contributed by atoms with Crippen molar-refractivity contribution in [3.8, 4) is 0 Å². The van der Waals surface area contributed by atoms with Crippen molar-refractivity contribution in [1.29, 1.82) is 0 Å². The highest BCUT2D eigenvalue weighted by Gasteiger charge is 2.47. The number of carboxylic acid groups (broad SMARTS) is 1. The normalized spacial score (nSPS) is 19.3. The Bertz CT molecular complexity index is 1120. The molecule has 1 aliphatic heterocycles. The van der Waals surface area contributed by atoms with Crippen molar-refractivity contribution < 1.29 is 28.2 Å². The predicted octanol–water partition coefficient (Wildman–Crippen LogP) is 6.99. The SMILES string of the molecule is CC(C)(C)OC(=O)N1[C@H](Cc2ccc(C(=O)O)cc2)CC[C@@H]1[C@H](O[Si](C)(C)C(C)(C)C)c1ccc(F)nc1. The van der Waals surface area contributed by atoms with Crippen molar-refractivity contribution in [1.82, 2.24) is 9.88 Å². The number of rotatable bonds is 7. The number of hydrogen-bond acceptors (Lipinski definition) is 5. The minimum atomic E-state index is -2.31. The van der Waals surface area contributed by atoms with Crippen LogP contribution in [0.15, 0.2) is 42.6 Å². The number of likely N-dealkylation sites (tertiary alicyclic amines) is 1. The van der Waals surface area contributed by atoms with E-state index in [-0.39, 0.29) is 22.7 Å². The van der Waals surface area contributed by atoms with Gasteiger partial charge >= 0.3 is 12.1 Å². The van der Waals surface area contributed by atoms with Crippen LogP contribution >= 0.6 is 0 Å². The van der Waals surface area contributed by atoms with Gasteiger partial charge in [0.1, 0.15) is 5.60 Å². The van der Waals surface area contributed by atoms with E-state index in [4.69, 9.17) is 9.16 Å². The minimum Gasteiger partial charge on any atom is -0.478 e. The fraction of sp³-hybridized carbons (Fsp3) is 0.552. The lowest BCUT2D eigenvalue weighted by molar-refractivity contribution is -0.00246. The number of benzene rings is 1. The van der Waals surface area contributed by atoms with Gasteiger partial charge in [-0.1, -0.05) is 39.0 Å². The van der Waals surface area contributed by atoms with E-state index in [1.807, 2.05) is 20.8 Å². The number of carboxylic acids is 1. The molecule has 0 saturated carbocycles. The van der Waals surface area contributed by atoms with Gasteiger partial charge in [-0.15, -0.1) is 0 Å². The molecule has 38 heavy (non-hydrogen) atoms. The molecule has 2 aromatic rings. The number of ether oxygens (including phenoxy) is 1. The van der Waals surface area contributed by atoms with Gasteiger partial charge < -0.3 is 14.3 Å². The Morgan fingerprint density at radius 2 is 1.71 bits per heavy atom. The first-order valence-corrected chi connectivity index (χ1v) is 16.0. The summed E-state index contributed by atoms with van der Waals surface area (Å²) < 4.78 is 26.6. The van der Waals surface area contributed by atoms with Crippen LogP contribution in [0, 0.1) is 5.95 Å². The number of carbonyl (C=O) groups excluding carboxylic acids is 1. The fourth-order valence-electron chi connectivity index (χ4n) is 4.48.